The Morgan fingerprint density at radius 1 is 1.36 bits per heavy atom. The summed E-state index contributed by atoms with van der Waals surface area (Å²) in [5, 5.41) is 22.4. The standard InChI is InChI=1S/C23H22ClFN6O2/c1-11-6-15(13(3)27-16-4-5-19(24)29-21(16)23(32)33)20-17(7-11)28-18(9-26)22(30-20)31-10-14(25)8-12(31)2/h4-7,12-14,27H,8,10H2,1-3H3,(H,32,33)/t12-,13+,14+/m0/s1. The van der Waals surface area contributed by atoms with E-state index in [4.69, 9.17) is 16.6 Å². The highest BCUT2D eigenvalue weighted by Crippen LogP contribution is 2.33. The fourth-order valence-corrected chi connectivity index (χ4v) is 4.36. The van der Waals surface area contributed by atoms with Crippen molar-refractivity contribution < 1.29 is 14.3 Å². The van der Waals surface area contributed by atoms with Gasteiger partial charge in [0.25, 0.3) is 0 Å². The van der Waals surface area contributed by atoms with Gasteiger partial charge in [-0.05, 0) is 44.5 Å². The van der Waals surface area contributed by atoms with Crippen molar-refractivity contribution in [1.29, 1.82) is 5.26 Å². The zero-order valence-corrected chi connectivity index (χ0v) is 19.1. The van der Waals surface area contributed by atoms with Crippen molar-refractivity contribution in [3.05, 3.63) is 51.9 Å². The minimum Gasteiger partial charge on any atom is -0.476 e. The van der Waals surface area contributed by atoms with E-state index in [9.17, 15) is 19.6 Å². The lowest BCUT2D eigenvalue weighted by molar-refractivity contribution is 0.0691. The van der Waals surface area contributed by atoms with Crippen LogP contribution in [0.2, 0.25) is 5.15 Å². The Kier molecular flexibility index (Phi) is 6.04. The number of nitrogens with one attached hydrogen (secondary N) is 1. The molecule has 1 fully saturated rings. The largest absolute Gasteiger partial charge is 0.476 e. The summed E-state index contributed by atoms with van der Waals surface area (Å²) in [5.74, 6) is -0.847. The van der Waals surface area contributed by atoms with Crippen LogP contribution in [0.3, 0.4) is 0 Å². The Bertz CT molecular complexity index is 1290. The van der Waals surface area contributed by atoms with Crippen LogP contribution in [0.5, 0.6) is 0 Å². The summed E-state index contributed by atoms with van der Waals surface area (Å²) in [6, 6.07) is 8.44. The summed E-state index contributed by atoms with van der Waals surface area (Å²) < 4.78 is 14.0. The molecular weight excluding hydrogens is 447 g/mol. The topological polar surface area (TPSA) is 115 Å². The van der Waals surface area contributed by atoms with E-state index in [0.717, 1.165) is 11.1 Å². The first-order valence-electron chi connectivity index (χ1n) is 10.5. The van der Waals surface area contributed by atoms with E-state index in [1.54, 1.807) is 11.0 Å². The van der Waals surface area contributed by atoms with Gasteiger partial charge in [0.15, 0.2) is 17.2 Å². The molecule has 170 valence electrons. The molecule has 1 aromatic carbocycles. The lowest BCUT2D eigenvalue weighted by Crippen LogP contribution is -2.29. The number of rotatable bonds is 5. The maximum atomic E-state index is 14.0. The van der Waals surface area contributed by atoms with Crippen molar-refractivity contribution in [2.45, 2.75) is 45.4 Å². The summed E-state index contributed by atoms with van der Waals surface area (Å²) in [6.45, 7) is 5.82. The van der Waals surface area contributed by atoms with Crippen molar-refractivity contribution in [2.75, 3.05) is 16.8 Å². The number of carboxylic acids is 1. The normalized spacial score (nSPS) is 18.8. The maximum Gasteiger partial charge on any atom is 0.356 e. The van der Waals surface area contributed by atoms with Gasteiger partial charge in [0.2, 0.25) is 0 Å². The van der Waals surface area contributed by atoms with Gasteiger partial charge in [0.05, 0.1) is 29.3 Å². The van der Waals surface area contributed by atoms with Gasteiger partial charge in [-0.2, -0.15) is 5.26 Å². The fraction of sp³-hybridized carbons (Fsp3) is 0.348. The molecule has 1 aliphatic rings. The lowest BCUT2D eigenvalue weighted by atomic mass is 10.0. The van der Waals surface area contributed by atoms with Gasteiger partial charge >= 0.3 is 5.97 Å². The maximum absolute atomic E-state index is 14.0. The van der Waals surface area contributed by atoms with Gasteiger partial charge in [-0.1, -0.05) is 17.7 Å². The number of hydrogen-bond donors (Lipinski definition) is 2. The second-order valence-corrected chi connectivity index (χ2v) is 8.65. The number of nitrogens with zero attached hydrogens (tertiary/aromatic N) is 5. The SMILES string of the molecule is Cc1cc([C@@H](C)Nc2ccc(Cl)nc2C(=O)O)c2nc(N3C[C@H](F)C[C@@H]3C)c(C#N)nc2c1. The van der Waals surface area contributed by atoms with Crippen LogP contribution in [-0.4, -0.2) is 44.8 Å². The van der Waals surface area contributed by atoms with Crippen molar-refractivity contribution in [3.63, 3.8) is 0 Å². The van der Waals surface area contributed by atoms with Crippen molar-refractivity contribution in [3.8, 4) is 6.07 Å². The van der Waals surface area contributed by atoms with Gasteiger partial charge < -0.3 is 15.3 Å². The number of alkyl halides is 1. The molecule has 2 aromatic heterocycles. The number of carbonyl (C=O) groups is 1. The molecule has 8 nitrogen and oxygen atoms in total. The molecule has 3 atom stereocenters. The molecule has 0 unspecified atom stereocenters. The Balaban J connectivity index is 1.82. The molecule has 4 rings (SSSR count). The number of pyridine rings is 1. The third-order valence-electron chi connectivity index (χ3n) is 5.73. The van der Waals surface area contributed by atoms with Gasteiger partial charge in [0, 0.05) is 18.0 Å². The number of aromatic nitrogens is 3. The van der Waals surface area contributed by atoms with Crippen LogP contribution in [0.15, 0.2) is 24.3 Å². The molecule has 0 radical (unpaired) electrons. The highest BCUT2D eigenvalue weighted by molar-refractivity contribution is 6.29. The molecule has 2 N–H and O–H groups in total. The molecule has 33 heavy (non-hydrogen) atoms. The highest BCUT2D eigenvalue weighted by atomic mass is 35.5. The number of aryl methyl sites for hydroxylation is 1. The molecule has 0 bridgehead atoms. The molecule has 3 aromatic rings. The summed E-state index contributed by atoms with van der Waals surface area (Å²) in [7, 11) is 0. The van der Waals surface area contributed by atoms with Gasteiger partial charge in [-0.15, -0.1) is 0 Å². The molecular formula is C23H22ClFN6O2. The average Bonchev–Trinajstić information content (AvgIpc) is 3.10. The Hall–Kier alpha value is -3.51. The van der Waals surface area contributed by atoms with Gasteiger partial charge in [-0.25, -0.2) is 24.1 Å². The van der Waals surface area contributed by atoms with Crippen LogP contribution in [0, 0.1) is 18.3 Å². The van der Waals surface area contributed by atoms with E-state index in [-0.39, 0.29) is 35.2 Å². The summed E-state index contributed by atoms with van der Waals surface area (Å²) in [5.41, 5.74) is 3.03. The first kappa shape index (κ1) is 22.7. The molecule has 1 aliphatic heterocycles. The molecule has 1 saturated heterocycles. The average molecular weight is 469 g/mol. The zero-order valence-electron chi connectivity index (χ0n) is 18.3. The quantitative estimate of drug-likeness (QED) is 0.519. The second kappa shape index (κ2) is 8.79. The number of nitriles is 1. The molecule has 0 amide bonds. The molecule has 0 saturated carbocycles. The first-order chi connectivity index (χ1) is 15.7. The summed E-state index contributed by atoms with van der Waals surface area (Å²) in [4.78, 5) is 26.6. The third kappa shape index (κ3) is 4.39. The third-order valence-corrected chi connectivity index (χ3v) is 5.94. The smallest absolute Gasteiger partial charge is 0.356 e. The van der Waals surface area contributed by atoms with E-state index in [0.29, 0.717) is 29.0 Å². The van der Waals surface area contributed by atoms with Crippen LogP contribution in [-0.2, 0) is 0 Å². The van der Waals surface area contributed by atoms with E-state index >= 15 is 0 Å². The molecule has 3 heterocycles. The minimum atomic E-state index is -1.20. The van der Waals surface area contributed by atoms with Crippen molar-refractivity contribution >= 4 is 40.1 Å². The monoisotopic (exact) mass is 468 g/mol. The van der Waals surface area contributed by atoms with E-state index in [1.807, 2.05) is 32.9 Å². The van der Waals surface area contributed by atoms with E-state index < -0.39 is 12.1 Å². The lowest BCUT2D eigenvalue weighted by Gasteiger charge is -2.24. The van der Waals surface area contributed by atoms with Gasteiger partial charge in [-0.3, -0.25) is 0 Å². The second-order valence-electron chi connectivity index (χ2n) is 8.27. The number of halogens is 2. The predicted octanol–water partition coefficient (Wildman–Crippen LogP) is 4.67. The summed E-state index contributed by atoms with van der Waals surface area (Å²) in [6.07, 6.45) is -0.626. The summed E-state index contributed by atoms with van der Waals surface area (Å²) >= 11 is 5.87. The van der Waals surface area contributed by atoms with Crippen molar-refractivity contribution in [1.82, 2.24) is 15.0 Å². The highest BCUT2D eigenvalue weighted by Gasteiger charge is 2.32. The molecule has 0 aliphatic carbocycles. The Morgan fingerprint density at radius 3 is 2.76 bits per heavy atom. The number of benzene rings is 1. The first-order valence-corrected chi connectivity index (χ1v) is 10.8. The minimum absolute atomic E-state index is 0.0806. The molecule has 10 heteroatoms. The zero-order chi connectivity index (χ0) is 23.9. The predicted molar refractivity (Wildman–Crippen MR) is 124 cm³/mol. The number of carboxylic acid groups (broad SMARTS) is 1. The van der Waals surface area contributed by atoms with Crippen LogP contribution < -0.4 is 10.2 Å². The van der Waals surface area contributed by atoms with Crippen molar-refractivity contribution in [2.24, 2.45) is 0 Å². The van der Waals surface area contributed by atoms with E-state index in [2.05, 4.69) is 21.4 Å². The fourth-order valence-electron chi connectivity index (χ4n) is 4.22. The number of hydrogen-bond acceptors (Lipinski definition) is 7. The molecule has 0 spiro atoms. The van der Waals surface area contributed by atoms with E-state index in [1.165, 1.54) is 6.07 Å². The van der Waals surface area contributed by atoms with Crippen LogP contribution in [0.25, 0.3) is 11.0 Å². The van der Waals surface area contributed by atoms with Gasteiger partial charge in [0.1, 0.15) is 17.4 Å². The Morgan fingerprint density at radius 2 is 2.12 bits per heavy atom. The van der Waals surface area contributed by atoms with Crippen LogP contribution in [0.1, 0.15) is 53.6 Å². The Labute approximate surface area is 195 Å². The van der Waals surface area contributed by atoms with Crippen LogP contribution >= 0.6 is 11.6 Å². The number of fused-ring (bicyclic) bond motifs is 1. The van der Waals surface area contributed by atoms with Crippen LogP contribution in [0.4, 0.5) is 15.9 Å². The number of anilines is 2. The number of aromatic carboxylic acids is 1.